The Balaban J connectivity index is 2.13. The third-order valence-corrected chi connectivity index (χ3v) is 2.74. The number of benzene rings is 1. The molecule has 1 saturated carbocycles. The van der Waals surface area contributed by atoms with Gasteiger partial charge in [0.25, 0.3) is 0 Å². The largest absolute Gasteiger partial charge is 0.469 e. The van der Waals surface area contributed by atoms with Crippen LogP contribution in [0.5, 0.6) is 0 Å². The topological polar surface area (TPSA) is 50.1 Å². The lowest BCUT2D eigenvalue weighted by molar-refractivity contribution is -0.142. The molecule has 3 nitrogen and oxygen atoms in total. The van der Waals surface area contributed by atoms with Crippen LogP contribution in [0.4, 0.5) is 0 Å². The lowest BCUT2D eigenvalue weighted by Crippen LogP contribution is -2.03. The molecule has 0 N–H and O–H groups in total. The first-order valence-corrected chi connectivity index (χ1v) is 4.84. The Morgan fingerprint density at radius 3 is 3.07 bits per heavy atom. The average Bonchev–Trinajstić information content (AvgIpc) is 3.08. The summed E-state index contributed by atoms with van der Waals surface area (Å²) in [6.45, 7) is 0. The van der Waals surface area contributed by atoms with Crippen molar-refractivity contribution in [3.63, 3.8) is 0 Å². The van der Waals surface area contributed by atoms with Crippen LogP contribution < -0.4 is 0 Å². The van der Waals surface area contributed by atoms with Gasteiger partial charge in [-0.3, -0.25) is 4.79 Å². The van der Waals surface area contributed by atoms with E-state index in [4.69, 9.17) is 5.26 Å². The van der Waals surface area contributed by atoms with Crippen molar-refractivity contribution in [2.24, 2.45) is 5.92 Å². The smallest absolute Gasteiger partial charge is 0.309 e. The zero-order valence-corrected chi connectivity index (χ0v) is 8.43. The van der Waals surface area contributed by atoms with Crippen LogP contribution in [0.15, 0.2) is 24.3 Å². The van der Waals surface area contributed by atoms with Crippen LogP contribution in [0.1, 0.15) is 23.5 Å². The van der Waals surface area contributed by atoms with Gasteiger partial charge in [0.1, 0.15) is 0 Å². The van der Waals surface area contributed by atoms with Gasteiger partial charge >= 0.3 is 5.97 Å². The number of esters is 1. The molecule has 0 radical (unpaired) electrons. The normalized spacial score (nSPS) is 22.9. The van der Waals surface area contributed by atoms with E-state index < -0.39 is 0 Å². The van der Waals surface area contributed by atoms with Gasteiger partial charge in [0, 0.05) is 0 Å². The van der Waals surface area contributed by atoms with E-state index in [9.17, 15) is 4.79 Å². The van der Waals surface area contributed by atoms with Crippen molar-refractivity contribution >= 4 is 5.97 Å². The van der Waals surface area contributed by atoms with Crippen molar-refractivity contribution in [2.75, 3.05) is 7.11 Å². The highest BCUT2D eigenvalue weighted by atomic mass is 16.5. The predicted octanol–water partition coefficient (Wildman–Crippen LogP) is 1.83. The molecule has 0 aliphatic heterocycles. The molecule has 0 unspecified atom stereocenters. The monoisotopic (exact) mass is 201 g/mol. The summed E-state index contributed by atoms with van der Waals surface area (Å²) >= 11 is 0. The molecule has 0 heterocycles. The van der Waals surface area contributed by atoms with Crippen molar-refractivity contribution in [3.05, 3.63) is 35.4 Å². The molecule has 76 valence electrons. The van der Waals surface area contributed by atoms with E-state index in [1.807, 2.05) is 18.2 Å². The molecule has 0 spiro atoms. The van der Waals surface area contributed by atoms with Crippen molar-refractivity contribution in [2.45, 2.75) is 12.3 Å². The fourth-order valence-corrected chi connectivity index (χ4v) is 1.81. The second kappa shape index (κ2) is 3.74. The molecule has 2 atom stereocenters. The standard InChI is InChI=1S/C12H11NO2/c1-15-12(14)11-6-10(11)9-4-2-3-8(5-9)7-13/h2-5,10-11H,6H2,1H3/t10-,11+/m0/s1. The fraction of sp³-hybridized carbons (Fsp3) is 0.333. The maximum atomic E-state index is 11.2. The van der Waals surface area contributed by atoms with E-state index in [2.05, 4.69) is 10.8 Å². The average molecular weight is 201 g/mol. The number of hydrogen-bond donors (Lipinski definition) is 0. The Hall–Kier alpha value is -1.82. The number of nitriles is 1. The fourth-order valence-electron chi connectivity index (χ4n) is 1.81. The number of hydrogen-bond acceptors (Lipinski definition) is 3. The van der Waals surface area contributed by atoms with E-state index in [0.29, 0.717) is 5.56 Å². The molecule has 1 aromatic rings. The number of carbonyl (C=O) groups excluding carboxylic acids is 1. The quantitative estimate of drug-likeness (QED) is 0.686. The van der Waals surface area contributed by atoms with Gasteiger partial charge in [0.05, 0.1) is 24.7 Å². The third kappa shape index (κ3) is 1.84. The number of carbonyl (C=O) groups is 1. The van der Waals surface area contributed by atoms with Crippen LogP contribution in [0.3, 0.4) is 0 Å². The Labute approximate surface area is 88.3 Å². The first-order valence-electron chi connectivity index (χ1n) is 4.84. The summed E-state index contributed by atoms with van der Waals surface area (Å²) in [5.74, 6) is 0.0806. The van der Waals surface area contributed by atoms with Crippen LogP contribution in [-0.2, 0) is 9.53 Å². The van der Waals surface area contributed by atoms with Gasteiger partial charge in [-0.25, -0.2) is 0 Å². The zero-order valence-electron chi connectivity index (χ0n) is 8.43. The van der Waals surface area contributed by atoms with Gasteiger partial charge in [-0.15, -0.1) is 0 Å². The van der Waals surface area contributed by atoms with E-state index >= 15 is 0 Å². The molecule has 0 bridgehead atoms. The maximum absolute atomic E-state index is 11.2. The van der Waals surface area contributed by atoms with E-state index in [0.717, 1.165) is 12.0 Å². The van der Waals surface area contributed by atoms with Crippen molar-refractivity contribution in [1.82, 2.24) is 0 Å². The van der Waals surface area contributed by atoms with Gasteiger partial charge in [-0.2, -0.15) is 5.26 Å². The molecule has 15 heavy (non-hydrogen) atoms. The van der Waals surface area contributed by atoms with E-state index in [1.54, 1.807) is 6.07 Å². The first-order chi connectivity index (χ1) is 7.26. The van der Waals surface area contributed by atoms with Crippen molar-refractivity contribution < 1.29 is 9.53 Å². The second-order valence-electron chi connectivity index (χ2n) is 3.71. The number of ether oxygens (including phenoxy) is 1. The highest BCUT2D eigenvalue weighted by Gasteiger charge is 2.44. The lowest BCUT2D eigenvalue weighted by Gasteiger charge is -1.99. The summed E-state index contributed by atoms with van der Waals surface area (Å²) in [6, 6.07) is 9.50. The molecule has 0 aromatic heterocycles. The van der Waals surface area contributed by atoms with Gasteiger partial charge in [-0.1, -0.05) is 12.1 Å². The van der Waals surface area contributed by atoms with Crippen LogP contribution in [0.2, 0.25) is 0 Å². The summed E-state index contributed by atoms with van der Waals surface area (Å²) in [5, 5.41) is 8.74. The lowest BCUT2D eigenvalue weighted by atomic mass is 10.1. The molecular formula is C12H11NO2. The Morgan fingerprint density at radius 2 is 2.40 bits per heavy atom. The van der Waals surface area contributed by atoms with Crippen LogP contribution in [0.25, 0.3) is 0 Å². The Bertz CT molecular complexity index is 433. The van der Waals surface area contributed by atoms with Gasteiger partial charge < -0.3 is 4.74 Å². The first kappa shape index (κ1) is 9.72. The third-order valence-electron chi connectivity index (χ3n) is 2.74. The summed E-state index contributed by atoms with van der Waals surface area (Å²) < 4.78 is 4.68. The zero-order chi connectivity index (χ0) is 10.8. The van der Waals surface area contributed by atoms with Gasteiger partial charge in [-0.05, 0) is 30.0 Å². The molecule has 0 amide bonds. The van der Waals surface area contributed by atoms with Crippen LogP contribution in [0, 0.1) is 17.2 Å². The Morgan fingerprint density at radius 1 is 1.60 bits per heavy atom. The highest BCUT2D eigenvalue weighted by Crippen LogP contribution is 2.48. The van der Waals surface area contributed by atoms with E-state index in [-0.39, 0.29) is 17.8 Å². The maximum Gasteiger partial charge on any atom is 0.309 e. The van der Waals surface area contributed by atoms with E-state index in [1.165, 1.54) is 7.11 Å². The summed E-state index contributed by atoms with van der Waals surface area (Å²) in [5.41, 5.74) is 1.70. The van der Waals surface area contributed by atoms with Gasteiger partial charge in [0.15, 0.2) is 0 Å². The van der Waals surface area contributed by atoms with Crippen molar-refractivity contribution in [3.8, 4) is 6.07 Å². The van der Waals surface area contributed by atoms with Crippen LogP contribution >= 0.6 is 0 Å². The molecule has 1 aromatic carbocycles. The van der Waals surface area contributed by atoms with Crippen LogP contribution in [-0.4, -0.2) is 13.1 Å². The summed E-state index contributed by atoms with van der Waals surface area (Å²) in [7, 11) is 1.41. The molecule has 0 saturated heterocycles. The molecule has 1 aliphatic rings. The predicted molar refractivity (Wildman–Crippen MR) is 54.0 cm³/mol. The Kier molecular flexibility index (Phi) is 2.42. The number of nitrogens with zero attached hydrogens (tertiary/aromatic N) is 1. The summed E-state index contributed by atoms with van der Waals surface area (Å²) in [4.78, 5) is 11.2. The minimum Gasteiger partial charge on any atom is -0.469 e. The molecular weight excluding hydrogens is 190 g/mol. The van der Waals surface area contributed by atoms with Crippen molar-refractivity contribution in [1.29, 1.82) is 5.26 Å². The molecule has 1 fully saturated rings. The second-order valence-corrected chi connectivity index (χ2v) is 3.71. The van der Waals surface area contributed by atoms with Gasteiger partial charge in [0.2, 0.25) is 0 Å². The summed E-state index contributed by atoms with van der Waals surface area (Å²) in [6.07, 6.45) is 0.835. The highest BCUT2D eigenvalue weighted by molar-refractivity contribution is 5.77. The number of methoxy groups -OCH3 is 1. The number of rotatable bonds is 2. The molecule has 2 rings (SSSR count). The SMILES string of the molecule is COC(=O)[C@@H]1C[C@H]1c1cccc(C#N)c1. The minimum absolute atomic E-state index is 0.0102. The molecule has 1 aliphatic carbocycles. The minimum atomic E-state index is -0.151. The molecule has 3 heteroatoms.